The Morgan fingerprint density at radius 2 is 1.75 bits per heavy atom. The van der Waals surface area contributed by atoms with E-state index in [1.165, 1.54) is 12.3 Å². The normalized spacial score (nSPS) is 13.9. The molecule has 180 valence electrons. The van der Waals surface area contributed by atoms with Crippen LogP contribution in [0.3, 0.4) is 0 Å². The summed E-state index contributed by atoms with van der Waals surface area (Å²) in [7, 11) is 0. The Labute approximate surface area is 215 Å². The Kier molecular flexibility index (Phi) is 6.73. The zero-order chi connectivity index (χ0) is 25.1. The molecule has 1 atom stereocenters. The molecule has 2 heterocycles. The van der Waals surface area contributed by atoms with Gasteiger partial charge in [0.15, 0.2) is 5.76 Å². The van der Waals surface area contributed by atoms with Crippen molar-refractivity contribution < 1.29 is 19.4 Å². The third-order valence-corrected chi connectivity index (χ3v) is 6.56. The van der Waals surface area contributed by atoms with E-state index in [1.54, 1.807) is 10.6 Å². The van der Waals surface area contributed by atoms with Gasteiger partial charge in [-0.25, -0.2) is 4.79 Å². The van der Waals surface area contributed by atoms with E-state index >= 15 is 0 Å². The molecule has 1 unspecified atom stereocenters. The average molecular weight is 544 g/mol. The fraction of sp³-hybridized carbons (Fsp3) is 0.103. The van der Waals surface area contributed by atoms with Gasteiger partial charge in [-0.05, 0) is 40.8 Å². The van der Waals surface area contributed by atoms with Crippen molar-refractivity contribution in [1.29, 1.82) is 0 Å². The van der Waals surface area contributed by atoms with Gasteiger partial charge in [-0.3, -0.25) is 9.36 Å². The molecule has 1 N–H and O–H groups in total. The number of halogens is 1. The molecule has 0 fully saturated rings. The predicted molar refractivity (Wildman–Crippen MR) is 142 cm³/mol. The molecule has 0 spiro atoms. The topological polar surface area (TPSA) is 77.8 Å². The third kappa shape index (κ3) is 4.70. The van der Waals surface area contributed by atoms with E-state index < -0.39 is 12.0 Å². The van der Waals surface area contributed by atoms with Crippen molar-refractivity contribution in [2.75, 3.05) is 6.79 Å². The van der Waals surface area contributed by atoms with Crippen molar-refractivity contribution in [1.82, 2.24) is 4.57 Å². The van der Waals surface area contributed by atoms with Gasteiger partial charge in [-0.15, -0.1) is 0 Å². The summed E-state index contributed by atoms with van der Waals surface area (Å²) in [6, 6.07) is 24.4. The Morgan fingerprint density at radius 3 is 2.42 bits per heavy atom. The fourth-order valence-corrected chi connectivity index (χ4v) is 4.88. The molecule has 1 aliphatic rings. The van der Waals surface area contributed by atoms with E-state index in [9.17, 15) is 14.7 Å². The summed E-state index contributed by atoms with van der Waals surface area (Å²) in [5.41, 5.74) is 2.82. The number of ether oxygens (including phenoxy) is 2. The maximum atomic E-state index is 14.1. The second-order valence-corrected chi connectivity index (χ2v) is 9.23. The number of carbonyl (C=O) groups is 1. The lowest BCUT2D eigenvalue weighted by molar-refractivity contribution is -0.131. The zero-order valence-corrected chi connectivity index (χ0v) is 20.7. The molecule has 3 aromatic carbocycles. The fourth-order valence-electron chi connectivity index (χ4n) is 4.52. The van der Waals surface area contributed by atoms with Crippen molar-refractivity contribution in [2.24, 2.45) is 0 Å². The number of carboxylic acids is 1. The van der Waals surface area contributed by atoms with E-state index in [-0.39, 0.29) is 12.4 Å². The Balaban J connectivity index is 1.89. The largest absolute Gasteiger partial charge is 0.478 e. The van der Waals surface area contributed by atoms with E-state index in [4.69, 9.17) is 9.47 Å². The summed E-state index contributed by atoms with van der Waals surface area (Å²) in [6.45, 7) is 0.0573. The number of hydrogen-bond donors (Lipinski definition) is 1. The summed E-state index contributed by atoms with van der Waals surface area (Å²) in [5, 5.41) is 10.7. The minimum atomic E-state index is -1.11. The predicted octanol–water partition coefficient (Wildman–Crippen LogP) is 6.16. The van der Waals surface area contributed by atoms with Crippen LogP contribution in [-0.2, 0) is 20.7 Å². The second kappa shape index (κ2) is 10.3. The van der Waals surface area contributed by atoms with Crippen molar-refractivity contribution in [3.63, 3.8) is 0 Å². The minimum Gasteiger partial charge on any atom is -0.478 e. The van der Waals surface area contributed by atoms with Gasteiger partial charge in [0.1, 0.15) is 12.3 Å². The molecule has 5 rings (SSSR count). The number of hydrogen-bond acceptors (Lipinski definition) is 4. The van der Waals surface area contributed by atoms with Gasteiger partial charge in [0.2, 0.25) is 6.79 Å². The second-order valence-electron chi connectivity index (χ2n) is 8.32. The van der Waals surface area contributed by atoms with Gasteiger partial charge >= 0.3 is 5.97 Å². The minimum absolute atomic E-state index is 0.0573. The molecule has 7 heteroatoms. The number of benzene rings is 3. The highest BCUT2D eigenvalue weighted by Crippen LogP contribution is 2.36. The maximum Gasteiger partial charge on any atom is 0.328 e. The van der Waals surface area contributed by atoms with Crippen molar-refractivity contribution in [3.05, 3.63) is 123 Å². The van der Waals surface area contributed by atoms with Crippen LogP contribution in [0.25, 0.3) is 28.0 Å². The lowest BCUT2D eigenvalue weighted by Gasteiger charge is -2.26. The molecule has 0 bridgehead atoms. The van der Waals surface area contributed by atoms with Crippen molar-refractivity contribution in [2.45, 2.75) is 12.5 Å². The number of rotatable bonds is 7. The molecule has 6 nitrogen and oxygen atoms in total. The van der Waals surface area contributed by atoms with Gasteiger partial charge in [-0.2, -0.15) is 0 Å². The van der Waals surface area contributed by atoms with Crippen LogP contribution in [-0.4, -0.2) is 22.4 Å². The van der Waals surface area contributed by atoms with E-state index in [2.05, 4.69) is 15.9 Å². The SMILES string of the molecule is O=C(O)C=Cc1c(-c2ccccc2)c2cc(Br)ccc2c(=O)n1C(Cc1ccccc1)C1=COCO1. The molecule has 1 aromatic heterocycles. The lowest BCUT2D eigenvalue weighted by atomic mass is 9.94. The molecular weight excluding hydrogens is 522 g/mol. The quantitative estimate of drug-likeness (QED) is 0.282. The van der Waals surface area contributed by atoms with Crippen LogP contribution in [0.15, 0.2) is 106 Å². The Morgan fingerprint density at radius 1 is 1.03 bits per heavy atom. The number of fused-ring (bicyclic) bond motifs is 1. The van der Waals surface area contributed by atoms with Crippen LogP contribution in [0.5, 0.6) is 0 Å². The number of allylic oxidation sites excluding steroid dienone is 1. The van der Waals surface area contributed by atoms with Crippen LogP contribution in [0.4, 0.5) is 0 Å². The average Bonchev–Trinajstić information content (AvgIpc) is 3.42. The monoisotopic (exact) mass is 543 g/mol. The smallest absolute Gasteiger partial charge is 0.328 e. The van der Waals surface area contributed by atoms with Crippen molar-refractivity contribution >= 4 is 38.7 Å². The number of nitrogens with zero attached hydrogens (tertiary/aromatic N) is 1. The molecular formula is C29H22BrNO5. The van der Waals surface area contributed by atoms with Gasteiger partial charge < -0.3 is 14.6 Å². The molecule has 0 radical (unpaired) electrons. The highest BCUT2D eigenvalue weighted by Gasteiger charge is 2.28. The van der Waals surface area contributed by atoms with Crippen molar-refractivity contribution in [3.8, 4) is 11.1 Å². The third-order valence-electron chi connectivity index (χ3n) is 6.07. The Hall–Kier alpha value is -4.10. The number of aliphatic carboxylic acids is 1. The summed E-state index contributed by atoms with van der Waals surface area (Å²) in [5.74, 6) is -0.608. The molecule has 0 aliphatic carbocycles. The van der Waals surface area contributed by atoms with Crippen LogP contribution < -0.4 is 5.56 Å². The summed E-state index contributed by atoms with van der Waals surface area (Å²) in [4.78, 5) is 25.7. The molecule has 4 aromatic rings. The summed E-state index contributed by atoms with van der Waals surface area (Å²) < 4.78 is 13.6. The zero-order valence-electron chi connectivity index (χ0n) is 19.1. The van der Waals surface area contributed by atoms with Crippen LogP contribution in [0, 0.1) is 0 Å². The molecule has 0 amide bonds. The first-order chi connectivity index (χ1) is 17.5. The summed E-state index contributed by atoms with van der Waals surface area (Å²) >= 11 is 3.53. The summed E-state index contributed by atoms with van der Waals surface area (Å²) in [6.07, 6.45) is 4.51. The number of aromatic nitrogens is 1. The molecule has 0 saturated heterocycles. The van der Waals surface area contributed by atoms with Crippen LogP contribution >= 0.6 is 15.9 Å². The standard InChI is InChI=1S/C29H22BrNO5/c30-21-11-12-22-23(16-21)28(20-9-5-2-6-10-20)24(13-14-27(32)33)31(29(22)34)25(26-17-35-18-36-26)15-19-7-3-1-4-8-19/h1-14,16-17,25H,15,18H2,(H,32,33). The van der Waals surface area contributed by atoms with Gasteiger partial charge in [0, 0.05) is 27.9 Å². The van der Waals surface area contributed by atoms with Crippen LogP contribution in [0.1, 0.15) is 17.3 Å². The van der Waals surface area contributed by atoms with Gasteiger partial charge in [0.25, 0.3) is 5.56 Å². The van der Waals surface area contributed by atoms with E-state index in [1.807, 2.05) is 72.8 Å². The highest BCUT2D eigenvalue weighted by molar-refractivity contribution is 9.10. The molecule has 36 heavy (non-hydrogen) atoms. The van der Waals surface area contributed by atoms with Crippen LogP contribution in [0.2, 0.25) is 0 Å². The maximum absolute atomic E-state index is 14.1. The molecule has 1 aliphatic heterocycles. The first-order valence-electron chi connectivity index (χ1n) is 11.4. The van der Waals surface area contributed by atoms with E-state index in [0.717, 1.165) is 32.6 Å². The number of carboxylic acid groups (broad SMARTS) is 1. The lowest BCUT2D eigenvalue weighted by Crippen LogP contribution is -2.30. The van der Waals surface area contributed by atoms with E-state index in [0.29, 0.717) is 23.3 Å². The van der Waals surface area contributed by atoms with Gasteiger partial charge in [0.05, 0.1) is 5.69 Å². The first-order valence-corrected chi connectivity index (χ1v) is 12.1. The highest BCUT2D eigenvalue weighted by atomic mass is 79.9. The van der Waals surface area contributed by atoms with Gasteiger partial charge in [-0.1, -0.05) is 76.6 Å². The first kappa shape index (κ1) is 23.6. The Bertz CT molecular complexity index is 1540. The molecule has 0 saturated carbocycles. The number of pyridine rings is 1.